The van der Waals surface area contributed by atoms with Crippen LogP contribution in [-0.2, 0) is 0 Å². The summed E-state index contributed by atoms with van der Waals surface area (Å²) in [5.41, 5.74) is 8.76. The van der Waals surface area contributed by atoms with E-state index in [0.29, 0.717) is 17.4 Å². The Morgan fingerprint density at radius 1 is 0.800 bits per heavy atom. The maximum absolute atomic E-state index is 6.11. The summed E-state index contributed by atoms with van der Waals surface area (Å²) in [6.45, 7) is 6.30. The van der Waals surface area contributed by atoms with Crippen LogP contribution < -0.4 is 15.2 Å². The van der Waals surface area contributed by atoms with E-state index in [0.717, 1.165) is 5.56 Å². The van der Waals surface area contributed by atoms with E-state index >= 15 is 0 Å². The van der Waals surface area contributed by atoms with E-state index in [1.165, 1.54) is 11.9 Å². The molecule has 0 aliphatic carbocycles. The van der Waals surface area contributed by atoms with Crippen molar-refractivity contribution < 1.29 is 9.47 Å². The second kappa shape index (κ2) is 7.21. The number of hydrogen-bond donors (Lipinski definition) is 1. The van der Waals surface area contributed by atoms with Gasteiger partial charge in [0.05, 0.1) is 0 Å². The van der Waals surface area contributed by atoms with Crippen molar-refractivity contribution >= 4 is 5.69 Å². The minimum atomic E-state index is 0.260. The lowest BCUT2D eigenvalue weighted by molar-refractivity contribution is 0.438. The zero-order valence-electron chi connectivity index (χ0n) is 14.6. The summed E-state index contributed by atoms with van der Waals surface area (Å²) in [4.78, 5) is 8.21. The maximum Gasteiger partial charge on any atom is 0.249 e. The lowest BCUT2D eigenvalue weighted by Crippen LogP contribution is -2.00. The van der Waals surface area contributed by atoms with E-state index < -0.39 is 0 Å². The summed E-state index contributed by atoms with van der Waals surface area (Å²) in [6, 6.07) is 15.5. The van der Waals surface area contributed by atoms with Crippen molar-refractivity contribution in [2.75, 3.05) is 5.73 Å². The first-order valence-electron chi connectivity index (χ1n) is 8.15. The Morgan fingerprint density at radius 3 is 1.76 bits per heavy atom. The number of aryl methyl sites for hydroxylation is 1. The van der Waals surface area contributed by atoms with Crippen LogP contribution in [0.15, 0.2) is 54.9 Å². The molecule has 0 fully saturated rings. The Bertz CT molecular complexity index is 844. The Kier molecular flexibility index (Phi) is 4.84. The first-order chi connectivity index (χ1) is 12.0. The van der Waals surface area contributed by atoms with Crippen LogP contribution in [0, 0.1) is 6.92 Å². The van der Waals surface area contributed by atoms with Crippen LogP contribution in [0.5, 0.6) is 23.3 Å². The number of nitrogens with zero attached hydrogens (tertiary/aromatic N) is 2. The number of rotatable bonds is 5. The fourth-order valence-electron chi connectivity index (χ4n) is 2.28. The highest BCUT2D eigenvalue weighted by atomic mass is 16.5. The van der Waals surface area contributed by atoms with E-state index in [9.17, 15) is 0 Å². The van der Waals surface area contributed by atoms with E-state index in [2.05, 4.69) is 23.8 Å². The minimum Gasteiger partial charge on any atom is -0.437 e. The SMILES string of the molecule is Cc1ccc(Oc2ncnc(Oc3ccc(C(C)C)cc3)c2N)cc1. The molecule has 0 saturated heterocycles. The lowest BCUT2D eigenvalue weighted by atomic mass is 10.0. The van der Waals surface area contributed by atoms with E-state index in [4.69, 9.17) is 15.2 Å². The molecule has 0 aliphatic rings. The van der Waals surface area contributed by atoms with Crippen molar-refractivity contribution in [2.45, 2.75) is 26.7 Å². The van der Waals surface area contributed by atoms with Gasteiger partial charge in [-0.25, -0.2) is 0 Å². The molecule has 0 amide bonds. The van der Waals surface area contributed by atoms with Crippen LogP contribution in [0.25, 0.3) is 0 Å². The van der Waals surface area contributed by atoms with Gasteiger partial charge in [-0.05, 0) is 42.7 Å². The number of nitrogen functional groups attached to an aromatic ring is 1. The Labute approximate surface area is 147 Å². The van der Waals surface area contributed by atoms with Crippen LogP contribution in [0.2, 0.25) is 0 Å². The quantitative estimate of drug-likeness (QED) is 0.704. The molecule has 2 aromatic carbocycles. The lowest BCUT2D eigenvalue weighted by Gasteiger charge is -2.12. The standard InChI is InChI=1S/C20H21N3O2/c1-13(2)15-6-10-17(11-7-15)25-20-18(21)19(22-12-23-20)24-16-8-4-14(3)5-9-16/h4-13H,21H2,1-3H3. The molecule has 0 unspecified atom stereocenters. The normalized spacial score (nSPS) is 10.7. The van der Waals surface area contributed by atoms with Crippen LogP contribution in [0.3, 0.4) is 0 Å². The summed E-state index contributed by atoms with van der Waals surface area (Å²) in [5.74, 6) is 2.33. The molecule has 1 aromatic heterocycles. The van der Waals surface area contributed by atoms with Gasteiger partial charge in [0.25, 0.3) is 0 Å². The van der Waals surface area contributed by atoms with Crippen LogP contribution in [0.4, 0.5) is 5.69 Å². The van der Waals surface area contributed by atoms with Gasteiger partial charge in [0.2, 0.25) is 11.8 Å². The smallest absolute Gasteiger partial charge is 0.249 e. The highest BCUT2D eigenvalue weighted by Gasteiger charge is 2.12. The van der Waals surface area contributed by atoms with E-state index in [1.54, 1.807) is 0 Å². The van der Waals surface area contributed by atoms with Gasteiger partial charge < -0.3 is 15.2 Å². The largest absolute Gasteiger partial charge is 0.437 e. The van der Waals surface area contributed by atoms with Gasteiger partial charge in [0, 0.05) is 0 Å². The average Bonchev–Trinajstić information content (AvgIpc) is 2.61. The number of benzene rings is 2. The van der Waals surface area contributed by atoms with Crippen LogP contribution in [-0.4, -0.2) is 9.97 Å². The summed E-state index contributed by atoms with van der Waals surface area (Å²) in [6.07, 6.45) is 1.37. The van der Waals surface area contributed by atoms with Crippen molar-refractivity contribution in [3.63, 3.8) is 0 Å². The van der Waals surface area contributed by atoms with Gasteiger partial charge >= 0.3 is 0 Å². The van der Waals surface area contributed by atoms with Crippen molar-refractivity contribution in [2.24, 2.45) is 0 Å². The average molecular weight is 335 g/mol. The first kappa shape index (κ1) is 16.8. The molecule has 3 rings (SSSR count). The topological polar surface area (TPSA) is 70.3 Å². The summed E-state index contributed by atoms with van der Waals surface area (Å²) < 4.78 is 11.5. The number of anilines is 1. The zero-order chi connectivity index (χ0) is 17.8. The fourth-order valence-corrected chi connectivity index (χ4v) is 2.28. The van der Waals surface area contributed by atoms with Crippen LogP contribution >= 0.6 is 0 Å². The molecule has 0 saturated carbocycles. The molecule has 0 spiro atoms. The van der Waals surface area contributed by atoms with Gasteiger partial charge in [0.15, 0.2) is 5.69 Å². The molecule has 2 N–H and O–H groups in total. The Morgan fingerprint density at radius 2 is 1.28 bits per heavy atom. The molecule has 0 atom stereocenters. The second-order valence-corrected chi connectivity index (χ2v) is 6.14. The first-order valence-corrected chi connectivity index (χ1v) is 8.15. The van der Waals surface area contributed by atoms with Gasteiger partial charge in [-0.15, -0.1) is 0 Å². The molecule has 1 heterocycles. The molecule has 128 valence electrons. The molecule has 0 bridgehead atoms. The van der Waals surface area contributed by atoms with Crippen molar-refractivity contribution in [1.82, 2.24) is 9.97 Å². The van der Waals surface area contributed by atoms with Gasteiger partial charge in [-0.2, -0.15) is 9.97 Å². The molecule has 25 heavy (non-hydrogen) atoms. The second-order valence-electron chi connectivity index (χ2n) is 6.14. The monoisotopic (exact) mass is 335 g/mol. The molecular weight excluding hydrogens is 314 g/mol. The number of ether oxygens (including phenoxy) is 2. The molecule has 0 radical (unpaired) electrons. The van der Waals surface area contributed by atoms with Crippen molar-refractivity contribution in [3.8, 4) is 23.3 Å². The number of aromatic nitrogens is 2. The summed E-state index contributed by atoms with van der Waals surface area (Å²) >= 11 is 0. The van der Waals surface area contributed by atoms with E-state index in [-0.39, 0.29) is 17.4 Å². The zero-order valence-corrected chi connectivity index (χ0v) is 14.6. The van der Waals surface area contributed by atoms with Gasteiger partial charge in [-0.3, -0.25) is 0 Å². The Balaban J connectivity index is 1.79. The van der Waals surface area contributed by atoms with E-state index in [1.807, 2.05) is 55.5 Å². The summed E-state index contributed by atoms with van der Waals surface area (Å²) in [5, 5.41) is 0. The van der Waals surface area contributed by atoms with Gasteiger partial charge in [-0.1, -0.05) is 43.7 Å². The fraction of sp³-hybridized carbons (Fsp3) is 0.200. The predicted octanol–water partition coefficient (Wildman–Crippen LogP) is 5.08. The molecule has 0 aliphatic heterocycles. The third-order valence-electron chi connectivity index (χ3n) is 3.81. The highest BCUT2D eigenvalue weighted by molar-refractivity contribution is 5.58. The van der Waals surface area contributed by atoms with Gasteiger partial charge in [0.1, 0.15) is 17.8 Å². The maximum atomic E-state index is 6.11. The summed E-state index contributed by atoms with van der Waals surface area (Å²) in [7, 11) is 0. The van der Waals surface area contributed by atoms with Crippen molar-refractivity contribution in [1.29, 1.82) is 0 Å². The van der Waals surface area contributed by atoms with Crippen LogP contribution in [0.1, 0.15) is 30.9 Å². The molecular formula is C20H21N3O2. The minimum absolute atomic E-state index is 0.260. The Hall–Kier alpha value is -3.08. The molecule has 5 heteroatoms. The molecule has 3 aromatic rings. The third kappa shape index (κ3) is 4.07. The molecule has 5 nitrogen and oxygen atoms in total. The third-order valence-corrected chi connectivity index (χ3v) is 3.81. The predicted molar refractivity (Wildman–Crippen MR) is 98.3 cm³/mol. The number of nitrogens with two attached hydrogens (primary N) is 1. The number of hydrogen-bond acceptors (Lipinski definition) is 5. The highest BCUT2D eigenvalue weighted by Crippen LogP contribution is 2.33. The van der Waals surface area contributed by atoms with Crippen molar-refractivity contribution in [3.05, 3.63) is 66.0 Å².